The highest BCUT2D eigenvalue weighted by molar-refractivity contribution is 9.10. The van der Waals surface area contributed by atoms with Crippen LogP contribution in [0, 0.1) is 5.82 Å². The summed E-state index contributed by atoms with van der Waals surface area (Å²) >= 11 is 4.36. The van der Waals surface area contributed by atoms with E-state index in [1.54, 1.807) is 16.8 Å². The molecule has 0 bridgehead atoms. The van der Waals surface area contributed by atoms with E-state index in [-0.39, 0.29) is 22.9 Å². The number of amides is 1. The standard InChI is InChI=1S/C24H22BrFN4O2S/c1-2-3-11-30-23(32)22-21(17(13-27-22)15-7-5-4-6-8-15)29-24(30)33-14-20(31)28-19-10-9-16(25)12-18(19)26/h4-10,12-13,27H,2-3,11,14H2,1H3,(H,28,31). The third kappa shape index (κ3) is 5.20. The molecule has 0 aliphatic rings. The average molecular weight is 529 g/mol. The number of thioether (sulfide) groups is 1. The predicted molar refractivity (Wildman–Crippen MR) is 134 cm³/mol. The molecule has 0 fully saturated rings. The molecule has 0 aliphatic heterocycles. The van der Waals surface area contributed by atoms with Crippen molar-refractivity contribution >= 4 is 50.3 Å². The van der Waals surface area contributed by atoms with Crippen LogP contribution in [-0.4, -0.2) is 26.2 Å². The van der Waals surface area contributed by atoms with Crippen LogP contribution in [0.5, 0.6) is 0 Å². The molecule has 6 nitrogen and oxygen atoms in total. The van der Waals surface area contributed by atoms with Gasteiger partial charge in [0.2, 0.25) is 5.91 Å². The number of aromatic amines is 1. The van der Waals surface area contributed by atoms with Gasteiger partial charge in [0.15, 0.2) is 5.16 Å². The Labute approximate surface area is 202 Å². The summed E-state index contributed by atoms with van der Waals surface area (Å²) in [5, 5.41) is 3.04. The fourth-order valence-corrected chi connectivity index (χ4v) is 4.59. The highest BCUT2D eigenvalue weighted by Crippen LogP contribution is 2.28. The number of halogens is 2. The first-order valence-electron chi connectivity index (χ1n) is 10.5. The number of hydrogen-bond acceptors (Lipinski definition) is 4. The lowest BCUT2D eigenvalue weighted by molar-refractivity contribution is -0.113. The van der Waals surface area contributed by atoms with Gasteiger partial charge >= 0.3 is 0 Å². The SMILES string of the molecule is CCCCn1c(SCC(=O)Nc2ccc(Br)cc2F)nc2c(-c3ccccc3)c[nH]c2c1=O. The van der Waals surface area contributed by atoms with E-state index >= 15 is 0 Å². The maximum Gasteiger partial charge on any atom is 0.278 e. The maximum absolute atomic E-state index is 14.1. The maximum atomic E-state index is 14.1. The highest BCUT2D eigenvalue weighted by Gasteiger charge is 2.18. The van der Waals surface area contributed by atoms with Crippen molar-refractivity contribution < 1.29 is 9.18 Å². The van der Waals surface area contributed by atoms with Crippen molar-refractivity contribution in [1.82, 2.24) is 14.5 Å². The van der Waals surface area contributed by atoms with Gasteiger partial charge in [-0.3, -0.25) is 14.2 Å². The third-order valence-electron chi connectivity index (χ3n) is 5.11. The van der Waals surface area contributed by atoms with Gasteiger partial charge in [0.05, 0.1) is 11.4 Å². The van der Waals surface area contributed by atoms with E-state index in [9.17, 15) is 14.0 Å². The first-order chi connectivity index (χ1) is 16.0. The van der Waals surface area contributed by atoms with Crippen molar-refractivity contribution in [2.75, 3.05) is 11.1 Å². The zero-order valence-electron chi connectivity index (χ0n) is 17.9. The third-order valence-corrected chi connectivity index (χ3v) is 6.58. The topological polar surface area (TPSA) is 79.8 Å². The van der Waals surface area contributed by atoms with Gasteiger partial charge in [0.25, 0.3) is 5.56 Å². The van der Waals surface area contributed by atoms with E-state index in [4.69, 9.17) is 4.98 Å². The summed E-state index contributed by atoms with van der Waals surface area (Å²) < 4.78 is 16.3. The second-order valence-electron chi connectivity index (χ2n) is 7.46. The number of carbonyl (C=O) groups excluding carboxylic acids is 1. The summed E-state index contributed by atoms with van der Waals surface area (Å²) in [4.78, 5) is 33.6. The number of unbranched alkanes of at least 4 members (excludes halogenated alkanes) is 1. The van der Waals surface area contributed by atoms with Crippen LogP contribution in [0.15, 0.2) is 69.2 Å². The molecule has 0 unspecified atom stereocenters. The molecule has 9 heteroatoms. The zero-order valence-corrected chi connectivity index (χ0v) is 20.3. The lowest BCUT2D eigenvalue weighted by atomic mass is 10.1. The smallest absolute Gasteiger partial charge is 0.278 e. The summed E-state index contributed by atoms with van der Waals surface area (Å²) in [6.45, 7) is 2.55. The molecule has 2 heterocycles. The van der Waals surface area contributed by atoms with Gasteiger partial charge in [-0.25, -0.2) is 9.37 Å². The Morgan fingerprint density at radius 3 is 2.76 bits per heavy atom. The van der Waals surface area contributed by atoms with Crippen LogP contribution in [0.3, 0.4) is 0 Å². The van der Waals surface area contributed by atoms with Crippen LogP contribution >= 0.6 is 27.7 Å². The van der Waals surface area contributed by atoms with E-state index in [0.717, 1.165) is 35.7 Å². The quantitative estimate of drug-likeness (QED) is 0.223. The molecule has 170 valence electrons. The van der Waals surface area contributed by atoms with Crippen molar-refractivity contribution in [2.24, 2.45) is 0 Å². The number of hydrogen-bond donors (Lipinski definition) is 2. The predicted octanol–water partition coefficient (Wildman–Crippen LogP) is 5.82. The molecule has 0 saturated carbocycles. The van der Waals surface area contributed by atoms with Gasteiger partial charge in [0.1, 0.15) is 16.9 Å². The molecule has 0 aliphatic carbocycles. The molecular weight excluding hydrogens is 507 g/mol. The second-order valence-corrected chi connectivity index (χ2v) is 9.32. The number of fused-ring (bicyclic) bond motifs is 1. The van der Waals surface area contributed by atoms with Gasteiger partial charge in [-0.2, -0.15) is 0 Å². The molecule has 2 aromatic carbocycles. The molecule has 2 N–H and O–H groups in total. The molecule has 4 rings (SSSR count). The summed E-state index contributed by atoms with van der Waals surface area (Å²) in [6, 6.07) is 14.1. The van der Waals surface area contributed by atoms with Crippen molar-refractivity contribution in [3.63, 3.8) is 0 Å². The number of aromatic nitrogens is 3. The van der Waals surface area contributed by atoms with E-state index < -0.39 is 5.82 Å². The molecular formula is C24H22BrFN4O2S. The van der Waals surface area contributed by atoms with E-state index in [0.29, 0.717) is 27.2 Å². The Morgan fingerprint density at radius 2 is 2.03 bits per heavy atom. The minimum absolute atomic E-state index is 0.00926. The fraction of sp³-hybridized carbons (Fsp3) is 0.208. The van der Waals surface area contributed by atoms with Gasteiger partial charge in [0, 0.05) is 22.8 Å². The number of anilines is 1. The Hall–Kier alpha value is -2.91. The van der Waals surface area contributed by atoms with Crippen molar-refractivity contribution in [3.05, 3.63) is 75.4 Å². The van der Waals surface area contributed by atoms with Crippen LogP contribution < -0.4 is 10.9 Å². The fourth-order valence-electron chi connectivity index (χ4n) is 3.44. The monoisotopic (exact) mass is 528 g/mol. The van der Waals surface area contributed by atoms with Crippen LogP contribution in [0.1, 0.15) is 19.8 Å². The van der Waals surface area contributed by atoms with Crippen molar-refractivity contribution in [2.45, 2.75) is 31.5 Å². The van der Waals surface area contributed by atoms with Gasteiger partial charge < -0.3 is 10.3 Å². The normalized spacial score (nSPS) is 11.1. The van der Waals surface area contributed by atoms with Crippen molar-refractivity contribution in [3.8, 4) is 11.1 Å². The Bertz CT molecular complexity index is 1350. The number of benzene rings is 2. The molecule has 0 spiro atoms. The Kier molecular flexibility index (Phi) is 7.29. The number of nitrogens with zero attached hydrogens (tertiary/aromatic N) is 2. The molecule has 4 aromatic rings. The highest BCUT2D eigenvalue weighted by atomic mass is 79.9. The van der Waals surface area contributed by atoms with Crippen LogP contribution in [0.25, 0.3) is 22.2 Å². The molecule has 0 atom stereocenters. The molecule has 33 heavy (non-hydrogen) atoms. The van der Waals surface area contributed by atoms with E-state index in [1.165, 1.54) is 12.1 Å². The average Bonchev–Trinajstić information content (AvgIpc) is 3.24. The first kappa shape index (κ1) is 23.3. The molecule has 2 aromatic heterocycles. The van der Waals surface area contributed by atoms with Gasteiger partial charge in [-0.05, 0) is 30.2 Å². The number of rotatable bonds is 8. The second kappa shape index (κ2) is 10.4. The summed E-state index contributed by atoms with van der Waals surface area (Å²) in [5.41, 5.74) is 2.72. The van der Waals surface area contributed by atoms with Crippen LogP contribution in [0.4, 0.5) is 10.1 Å². The zero-order chi connectivity index (χ0) is 23.4. The summed E-state index contributed by atoms with van der Waals surface area (Å²) in [7, 11) is 0. The van der Waals surface area contributed by atoms with Crippen LogP contribution in [-0.2, 0) is 11.3 Å². The molecule has 0 radical (unpaired) electrons. The largest absolute Gasteiger partial charge is 0.355 e. The van der Waals surface area contributed by atoms with E-state index in [2.05, 4.69) is 26.2 Å². The molecule has 0 saturated heterocycles. The lowest BCUT2D eigenvalue weighted by Gasteiger charge is -2.12. The Morgan fingerprint density at radius 1 is 1.24 bits per heavy atom. The Balaban J connectivity index is 1.64. The van der Waals surface area contributed by atoms with Gasteiger partial charge in [-0.15, -0.1) is 0 Å². The van der Waals surface area contributed by atoms with Gasteiger partial charge in [-0.1, -0.05) is 71.4 Å². The number of carbonyl (C=O) groups is 1. The number of nitrogens with one attached hydrogen (secondary N) is 2. The minimum Gasteiger partial charge on any atom is -0.355 e. The number of H-pyrrole nitrogens is 1. The van der Waals surface area contributed by atoms with Crippen LogP contribution in [0.2, 0.25) is 0 Å². The van der Waals surface area contributed by atoms with Crippen molar-refractivity contribution in [1.29, 1.82) is 0 Å². The minimum atomic E-state index is -0.526. The first-order valence-corrected chi connectivity index (χ1v) is 12.3. The molecule has 1 amide bonds. The lowest BCUT2D eigenvalue weighted by Crippen LogP contribution is -2.24. The van der Waals surface area contributed by atoms with E-state index in [1.807, 2.05) is 37.3 Å². The summed E-state index contributed by atoms with van der Waals surface area (Å²) in [6.07, 6.45) is 3.51. The summed E-state index contributed by atoms with van der Waals surface area (Å²) in [5.74, 6) is -0.915.